The van der Waals surface area contributed by atoms with E-state index in [0.29, 0.717) is 29.3 Å². The van der Waals surface area contributed by atoms with Gasteiger partial charge in [0.05, 0.1) is 24.4 Å². The van der Waals surface area contributed by atoms with Gasteiger partial charge in [-0.25, -0.2) is 9.37 Å². The first-order chi connectivity index (χ1) is 16.8. The zero-order valence-electron chi connectivity index (χ0n) is 20.0. The second-order valence-electron chi connectivity index (χ2n) is 9.58. The summed E-state index contributed by atoms with van der Waals surface area (Å²) in [4.78, 5) is 32.2. The minimum atomic E-state index is -0.436. The van der Waals surface area contributed by atoms with Crippen molar-refractivity contribution in [2.45, 2.75) is 32.7 Å². The molecule has 3 aromatic rings. The van der Waals surface area contributed by atoms with Crippen molar-refractivity contribution in [3.63, 3.8) is 0 Å². The third kappa shape index (κ3) is 4.50. The maximum atomic E-state index is 14.2. The Morgan fingerprint density at radius 1 is 1.23 bits per heavy atom. The van der Waals surface area contributed by atoms with E-state index in [1.807, 2.05) is 13.0 Å². The van der Waals surface area contributed by atoms with Crippen LogP contribution in [-0.2, 0) is 18.4 Å². The third-order valence-corrected chi connectivity index (χ3v) is 7.06. The van der Waals surface area contributed by atoms with Crippen molar-refractivity contribution < 1.29 is 18.7 Å². The van der Waals surface area contributed by atoms with Gasteiger partial charge in [-0.1, -0.05) is 6.92 Å². The molecule has 0 bridgehead atoms. The van der Waals surface area contributed by atoms with Crippen LogP contribution in [0.1, 0.15) is 42.2 Å². The van der Waals surface area contributed by atoms with E-state index >= 15 is 0 Å². The smallest absolute Gasteiger partial charge is 0.270 e. The highest BCUT2D eigenvalue weighted by atomic mass is 19.1. The molecule has 3 heterocycles. The summed E-state index contributed by atoms with van der Waals surface area (Å²) in [6.45, 7) is 2.75. The Bertz CT molecular complexity index is 1300. The zero-order chi connectivity index (χ0) is 24.7. The van der Waals surface area contributed by atoms with E-state index in [2.05, 4.69) is 15.4 Å². The van der Waals surface area contributed by atoms with Crippen LogP contribution in [0, 0.1) is 17.2 Å². The molecule has 2 amide bonds. The fourth-order valence-electron chi connectivity index (χ4n) is 4.84. The average molecular weight is 478 g/mol. The molecule has 1 aliphatic heterocycles. The largest absolute Gasteiger partial charge is 0.481 e. The van der Waals surface area contributed by atoms with E-state index in [0.717, 1.165) is 24.8 Å². The van der Waals surface area contributed by atoms with Crippen LogP contribution >= 0.6 is 0 Å². The molecule has 1 N–H and O–H groups in total. The number of hydrogen-bond donors (Lipinski definition) is 1. The second kappa shape index (κ2) is 8.79. The number of hydrogen-bond acceptors (Lipinski definition) is 5. The van der Waals surface area contributed by atoms with E-state index in [1.54, 1.807) is 41.2 Å². The first-order valence-corrected chi connectivity index (χ1v) is 11.7. The van der Waals surface area contributed by atoms with E-state index in [4.69, 9.17) is 4.74 Å². The van der Waals surface area contributed by atoms with Crippen LogP contribution in [0.2, 0.25) is 0 Å². The number of aryl methyl sites for hydroxylation is 1. The van der Waals surface area contributed by atoms with Crippen LogP contribution in [0.25, 0.3) is 11.1 Å². The number of nitrogens with one attached hydrogen (secondary N) is 1. The Balaban J connectivity index is 1.34. The minimum Gasteiger partial charge on any atom is -0.481 e. The molecule has 35 heavy (non-hydrogen) atoms. The minimum absolute atomic E-state index is 0.0855. The van der Waals surface area contributed by atoms with Crippen LogP contribution in [0.4, 0.5) is 10.1 Å². The Labute approximate surface area is 203 Å². The fraction of sp³-hybridized carbons (Fsp3) is 0.385. The number of halogens is 1. The molecule has 0 radical (unpaired) electrons. The lowest BCUT2D eigenvalue weighted by molar-refractivity contribution is -0.125. The summed E-state index contributed by atoms with van der Waals surface area (Å²) in [5.41, 5.74) is 2.46. The van der Waals surface area contributed by atoms with Crippen LogP contribution < -0.4 is 15.0 Å². The summed E-state index contributed by atoms with van der Waals surface area (Å²) in [6, 6.07) is 7.92. The van der Waals surface area contributed by atoms with Crippen LogP contribution in [-0.4, -0.2) is 40.2 Å². The van der Waals surface area contributed by atoms with Gasteiger partial charge in [0, 0.05) is 38.0 Å². The predicted molar refractivity (Wildman–Crippen MR) is 128 cm³/mol. The van der Waals surface area contributed by atoms with Gasteiger partial charge in [-0.15, -0.1) is 0 Å². The summed E-state index contributed by atoms with van der Waals surface area (Å²) >= 11 is 0. The highest BCUT2D eigenvalue weighted by Crippen LogP contribution is 2.52. The molecular weight excluding hydrogens is 449 g/mol. The molecule has 1 atom stereocenters. The highest BCUT2D eigenvalue weighted by molar-refractivity contribution is 6.01. The Hall–Kier alpha value is -3.75. The normalized spacial score (nSPS) is 19.8. The highest BCUT2D eigenvalue weighted by Gasteiger charge is 2.52. The number of aromatic nitrogens is 3. The van der Waals surface area contributed by atoms with Crippen molar-refractivity contribution in [2.24, 2.45) is 18.4 Å². The van der Waals surface area contributed by atoms with Crippen LogP contribution in [0.5, 0.6) is 5.88 Å². The van der Waals surface area contributed by atoms with E-state index in [1.165, 1.54) is 19.2 Å². The fourth-order valence-corrected chi connectivity index (χ4v) is 4.84. The van der Waals surface area contributed by atoms with Crippen molar-refractivity contribution in [3.05, 3.63) is 59.8 Å². The maximum absolute atomic E-state index is 14.2. The number of benzene rings is 1. The van der Waals surface area contributed by atoms with Gasteiger partial charge in [-0.2, -0.15) is 5.10 Å². The lowest BCUT2D eigenvalue weighted by atomic mass is 9.83. The van der Waals surface area contributed by atoms with Gasteiger partial charge in [0.25, 0.3) is 5.91 Å². The number of nitrogens with zero attached hydrogens (tertiary/aromatic N) is 4. The van der Waals surface area contributed by atoms with Crippen molar-refractivity contribution in [3.8, 4) is 17.0 Å². The lowest BCUT2D eigenvalue weighted by Gasteiger charge is -2.23. The van der Waals surface area contributed by atoms with E-state index in [-0.39, 0.29) is 29.4 Å². The Morgan fingerprint density at radius 3 is 2.71 bits per heavy atom. The molecule has 1 saturated heterocycles. The molecule has 8 nitrogen and oxygen atoms in total. The van der Waals surface area contributed by atoms with Gasteiger partial charge in [0.2, 0.25) is 11.8 Å². The van der Waals surface area contributed by atoms with Gasteiger partial charge in [0.15, 0.2) is 0 Å². The topological polar surface area (TPSA) is 89.4 Å². The molecule has 0 unspecified atom stereocenters. The molecule has 2 aliphatic rings. The molecule has 182 valence electrons. The summed E-state index contributed by atoms with van der Waals surface area (Å²) in [6.07, 6.45) is 6.43. The van der Waals surface area contributed by atoms with Gasteiger partial charge < -0.3 is 15.0 Å². The third-order valence-electron chi connectivity index (χ3n) is 7.06. The van der Waals surface area contributed by atoms with Crippen LogP contribution in [0.3, 0.4) is 0 Å². The molecule has 9 heteroatoms. The molecular formula is C26H28FN5O3. The van der Waals surface area contributed by atoms with Crippen molar-refractivity contribution in [2.75, 3.05) is 18.6 Å². The first kappa shape index (κ1) is 23.0. The monoisotopic (exact) mass is 477 g/mol. The molecule has 1 aromatic carbocycles. The molecule has 5 rings (SSSR count). The van der Waals surface area contributed by atoms with Gasteiger partial charge in [-0.05, 0) is 60.6 Å². The summed E-state index contributed by atoms with van der Waals surface area (Å²) in [5, 5.41) is 6.93. The number of anilines is 1. The molecule has 2 aromatic heterocycles. The van der Waals surface area contributed by atoms with Crippen molar-refractivity contribution in [1.29, 1.82) is 0 Å². The Morgan fingerprint density at radius 2 is 2.03 bits per heavy atom. The zero-order valence-corrected chi connectivity index (χ0v) is 20.0. The summed E-state index contributed by atoms with van der Waals surface area (Å²) in [7, 11) is 3.27. The average Bonchev–Trinajstić information content (AvgIpc) is 3.55. The number of rotatable bonds is 7. The molecule has 0 spiro atoms. The number of methoxy groups -OCH3 is 1. The second-order valence-corrected chi connectivity index (χ2v) is 9.58. The molecule has 1 aliphatic carbocycles. The lowest BCUT2D eigenvalue weighted by Crippen LogP contribution is -2.34. The summed E-state index contributed by atoms with van der Waals surface area (Å²) in [5.74, 6) is -0.0562. The van der Waals surface area contributed by atoms with Gasteiger partial charge in [-0.3, -0.25) is 14.3 Å². The first-order valence-electron chi connectivity index (χ1n) is 11.7. The summed E-state index contributed by atoms with van der Waals surface area (Å²) < 4.78 is 21.2. The van der Waals surface area contributed by atoms with Crippen molar-refractivity contribution in [1.82, 2.24) is 20.1 Å². The number of amides is 2. The number of carbonyl (C=O) groups excluding carboxylic acids is 2. The van der Waals surface area contributed by atoms with Crippen LogP contribution in [0.15, 0.2) is 42.7 Å². The number of carbonyl (C=O) groups is 2. The van der Waals surface area contributed by atoms with E-state index < -0.39 is 11.7 Å². The SMILES string of the molecule is COc1cc(N2CC[C@@](C)(C3CC3)C2=O)cc(C(=O)NCc2cc(F)cc(-c3cnn(C)c3)c2)n1. The van der Waals surface area contributed by atoms with E-state index in [9.17, 15) is 14.0 Å². The Kier molecular flexibility index (Phi) is 5.78. The molecule has 2 fully saturated rings. The van der Waals surface area contributed by atoms with Gasteiger partial charge in [0.1, 0.15) is 11.5 Å². The maximum Gasteiger partial charge on any atom is 0.270 e. The predicted octanol–water partition coefficient (Wildman–Crippen LogP) is 3.71. The number of pyridine rings is 1. The van der Waals surface area contributed by atoms with Gasteiger partial charge >= 0.3 is 0 Å². The number of ether oxygens (including phenoxy) is 1. The standard InChI is InChI=1S/C26H28FN5O3/c1-26(19-4-5-19)6-7-32(25(26)34)21-11-22(30-23(12-21)35-3)24(33)28-13-16-8-17(10-20(27)9-16)18-14-29-31(2)15-18/h8-12,14-15,19H,4-7,13H2,1-3H3,(H,28,33)/t26-/m0/s1. The quantitative estimate of drug-likeness (QED) is 0.560. The molecule has 1 saturated carbocycles. The van der Waals surface area contributed by atoms with Crippen molar-refractivity contribution >= 4 is 17.5 Å².